The minimum absolute atomic E-state index is 0.0487. The first kappa shape index (κ1) is 17.2. The molecule has 3 N–H and O–H groups in total. The summed E-state index contributed by atoms with van der Waals surface area (Å²) in [7, 11) is 0. The molecule has 6 nitrogen and oxygen atoms in total. The number of nitrogens with one attached hydrogen (secondary N) is 2. The maximum atomic E-state index is 10.7. The van der Waals surface area contributed by atoms with Crippen LogP contribution in [-0.2, 0) is 11.2 Å². The van der Waals surface area contributed by atoms with E-state index in [0.717, 1.165) is 30.9 Å². The predicted molar refractivity (Wildman–Crippen MR) is 96.2 cm³/mol. The Bertz CT molecular complexity index is 718. The number of rotatable bonds is 7. The first-order chi connectivity index (χ1) is 12.1. The zero-order valence-electron chi connectivity index (χ0n) is 14.2. The summed E-state index contributed by atoms with van der Waals surface area (Å²) in [6.45, 7) is 4.47. The molecule has 0 radical (unpaired) electrons. The second-order valence-electron chi connectivity index (χ2n) is 6.35. The van der Waals surface area contributed by atoms with E-state index >= 15 is 0 Å². The Morgan fingerprint density at radius 3 is 2.96 bits per heavy atom. The quantitative estimate of drug-likeness (QED) is 0.717. The van der Waals surface area contributed by atoms with E-state index in [-0.39, 0.29) is 12.5 Å². The Morgan fingerprint density at radius 1 is 1.40 bits per heavy atom. The molecule has 1 aliphatic rings. The number of carbonyl (C=O) groups is 1. The van der Waals surface area contributed by atoms with Gasteiger partial charge in [0.15, 0.2) is 0 Å². The van der Waals surface area contributed by atoms with Crippen LogP contribution in [-0.4, -0.2) is 41.8 Å². The fourth-order valence-electron chi connectivity index (χ4n) is 2.87. The predicted octanol–water partition coefficient (Wildman–Crippen LogP) is 2.27. The minimum atomic E-state index is -0.806. The molecule has 0 bridgehead atoms. The monoisotopic (exact) mass is 341 g/mol. The number of pyridine rings is 1. The van der Waals surface area contributed by atoms with E-state index in [1.807, 2.05) is 36.4 Å². The van der Waals surface area contributed by atoms with Gasteiger partial charge in [0.25, 0.3) is 0 Å². The van der Waals surface area contributed by atoms with Gasteiger partial charge in [-0.15, -0.1) is 0 Å². The molecule has 1 aliphatic heterocycles. The van der Waals surface area contributed by atoms with E-state index in [1.165, 1.54) is 5.56 Å². The zero-order valence-corrected chi connectivity index (χ0v) is 14.2. The third-order valence-electron chi connectivity index (χ3n) is 4.30. The number of benzene rings is 1. The lowest BCUT2D eigenvalue weighted by Gasteiger charge is -2.27. The van der Waals surface area contributed by atoms with E-state index in [0.29, 0.717) is 11.8 Å². The van der Waals surface area contributed by atoms with Crippen LogP contribution >= 0.6 is 0 Å². The maximum absolute atomic E-state index is 10.7. The van der Waals surface area contributed by atoms with Gasteiger partial charge in [-0.25, -0.2) is 4.98 Å². The molecule has 0 amide bonds. The van der Waals surface area contributed by atoms with Crippen molar-refractivity contribution in [3.63, 3.8) is 0 Å². The zero-order chi connectivity index (χ0) is 17.6. The molecule has 0 saturated carbocycles. The number of nitrogens with zero attached hydrogens (tertiary/aromatic N) is 1. The molecule has 2 aromatic rings. The van der Waals surface area contributed by atoms with Gasteiger partial charge in [0, 0.05) is 19.3 Å². The van der Waals surface area contributed by atoms with Gasteiger partial charge in [0.1, 0.15) is 6.10 Å². The molecule has 1 aromatic carbocycles. The summed E-state index contributed by atoms with van der Waals surface area (Å²) < 4.78 is 5.88. The SMILES string of the molecule is CC(CNCC1CNc2cccnc2O1)c1ccc(CC(=O)O)cc1. The first-order valence-electron chi connectivity index (χ1n) is 8.48. The van der Waals surface area contributed by atoms with Crippen LogP contribution < -0.4 is 15.4 Å². The average Bonchev–Trinajstić information content (AvgIpc) is 2.61. The van der Waals surface area contributed by atoms with Crippen LogP contribution in [0.4, 0.5) is 5.69 Å². The molecule has 2 atom stereocenters. The summed E-state index contributed by atoms with van der Waals surface area (Å²) in [5.74, 6) is 0.183. The lowest BCUT2D eigenvalue weighted by atomic mass is 9.99. The molecular formula is C19H23N3O3. The highest BCUT2D eigenvalue weighted by Crippen LogP contribution is 2.25. The molecule has 0 aliphatic carbocycles. The first-order valence-corrected chi connectivity index (χ1v) is 8.48. The Labute approximate surface area is 147 Å². The Balaban J connectivity index is 1.45. The lowest BCUT2D eigenvalue weighted by molar-refractivity contribution is -0.136. The molecule has 2 unspecified atom stereocenters. The number of carboxylic acid groups (broad SMARTS) is 1. The van der Waals surface area contributed by atoms with E-state index in [4.69, 9.17) is 9.84 Å². The fourth-order valence-corrected chi connectivity index (χ4v) is 2.87. The van der Waals surface area contributed by atoms with Crippen molar-refractivity contribution in [2.45, 2.75) is 25.4 Å². The lowest BCUT2D eigenvalue weighted by Crippen LogP contribution is -2.40. The van der Waals surface area contributed by atoms with E-state index in [9.17, 15) is 4.79 Å². The van der Waals surface area contributed by atoms with Crippen molar-refractivity contribution in [3.05, 3.63) is 53.7 Å². The Kier molecular flexibility index (Phi) is 5.50. The summed E-state index contributed by atoms with van der Waals surface area (Å²) in [5, 5.41) is 15.6. The number of fused-ring (bicyclic) bond motifs is 1. The topological polar surface area (TPSA) is 83.5 Å². The molecule has 0 saturated heterocycles. The highest BCUT2D eigenvalue weighted by Gasteiger charge is 2.19. The van der Waals surface area contributed by atoms with Crippen molar-refractivity contribution in [3.8, 4) is 5.88 Å². The van der Waals surface area contributed by atoms with Gasteiger partial charge in [-0.2, -0.15) is 0 Å². The smallest absolute Gasteiger partial charge is 0.307 e. The second kappa shape index (κ2) is 7.98. The Hall–Kier alpha value is -2.60. The molecule has 1 aromatic heterocycles. The highest BCUT2D eigenvalue weighted by atomic mass is 16.5. The van der Waals surface area contributed by atoms with Crippen LogP contribution in [0.25, 0.3) is 0 Å². The summed E-state index contributed by atoms with van der Waals surface area (Å²) in [6.07, 6.45) is 1.84. The van der Waals surface area contributed by atoms with E-state index < -0.39 is 5.97 Å². The van der Waals surface area contributed by atoms with Crippen molar-refractivity contribution in [2.75, 3.05) is 25.0 Å². The molecule has 6 heteroatoms. The van der Waals surface area contributed by atoms with Gasteiger partial charge < -0.3 is 20.5 Å². The number of aliphatic carboxylic acids is 1. The van der Waals surface area contributed by atoms with Gasteiger partial charge in [-0.3, -0.25) is 4.79 Å². The maximum Gasteiger partial charge on any atom is 0.307 e. The number of anilines is 1. The van der Waals surface area contributed by atoms with E-state index in [2.05, 4.69) is 22.5 Å². The molecule has 0 fully saturated rings. The molecule has 2 heterocycles. The third-order valence-corrected chi connectivity index (χ3v) is 4.30. The normalized spacial score (nSPS) is 17.1. The number of hydrogen-bond donors (Lipinski definition) is 3. The summed E-state index contributed by atoms with van der Waals surface area (Å²) in [6, 6.07) is 11.6. The van der Waals surface area contributed by atoms with Crippen LogP contribution in [0.5, 0.6) is 5.88 Å². The van der Waals surface area contributed by atoms with Crippen LogP contribution in [0.2, 0.25) is 0 Å². The number of ether oxygens (including phenoxy) is 1. The molecule has 3 rings (SSSR count). The van der Waals surface area contributed by atoms with Crippen LogP contribution in [0.1, 0.15) is 24.0 Å². The van der Waals surface area contributed by atoms with Crippen molar-refractivity contribution < 1.29 is 14.6 Å². The van der Waals surface area contributed by atoms with E-state index in [1.54, 1.807) is 6.20 Å². The number of aromatic nitrogens is 1. The Morgan fingerprint density at radius 2 is 2.20 bits per heavy atom. The molecular weight excluding hydrogens is 318 g/mol. The van der Waals surface area contributed by atoms with Crippen molar-refractivity contribution in [2.24, 2.45) is 0 Å². The molecule has 132 valence electrons. The van der Waals surface area contributed by atoms with Gasteiger partial charge >= 0.3 is 5.97 Å². The number of carboxylic acids is 1. The molecule has 0 spiro atoms. The highest BCUT2D eigenvalue weighted by molar-refractivity contribution is 5.70. The summed E-state index contributed by atoms with van der Waals surface area (Å²) >= 11 is 0. The van der Waals surface area contributed by atoms with Crippen molar-refractivity contribution in [1.82, 2.24) is 10.3 Å². The summed E-state index contributed by atoms with van der Waals surface area (Å²) in [5.41, 5.74) is 2.95. The van der Waals surface area contributed by atoms with Gasteiger partial charge in [-0.1, -0.05) is 31.2 Å². The number of hydrogen-bond acceptors (Lipinski definition) is 5. The van der Waals surface area contributed by atoms with Gasteiger partial charge in [0.2, 0.25) is 5.88 Å². The van der Waals surface area contributed by atoms with Crippen molar-refractivity contribution >= 4 is 11.7 Å². The van der Waals surface area contributed by atoms with Crippen LogP contribution in [0, 0.1) is 0 Å². The standard InChI is InChI=1S/C19H23N3O3/c1-13(15-6-4-14(5-7-15)9-18(23)24)10-20-11-16-12-22-17-3-2-8-21-19(17)25-16/h2-8,13,16,20,22H,9-12H2,1H3,(H,23,24). The largest absolute Gasteiger partial charge is 0.481 e. The summed E-state index contributed by atoms with van der Waals surface area (Å²) in [4.78, 5) is 15.0. The van der Waals surface area contributed by atoms with Gasteiger partial charge in [-0.05, 0) is 29.2 Å². The minimum Gasteiger partial charge on any atom is -0.481 e. The van der Waals surface area contributed by atoms with Crippen molar-refractivity contribution in [1.29, 1.82) is 0 Å². The fraction of sp³-hybridized carbons (Fsp3) is 0.368. The van der Waals surface area contributed by atoms with Gasteiger partial charge in [0.05, 0.1) is 18.7 Å². The van der Waals surface area contributed by atoms with Crippen LogP contribution in [0.15, 0.2) is 42.6 Å². The molecule has 25 heavy (non-hydrogen) atoms. The average molecular weight is 341 g/mol. The third kappa shape index (κ3) is 4.70. The second-order valence-corrected chi connectivity index (χ2v) is 6.35. The van der Waals surface area contributed by atoms with Crippen LogP contribution in [0.3, 0.4) is 0 Å².